The fourth-order valence-electron chi connectivity index (χ4n) is 1.64. The van der Waals surface area contributed by atoms with Crippen LogP contribution in [0.5, 0.6) is 11.8 Å². The highest BCUT2D eigenvalue weighted by Gasteiger charge is 2.06. The summed E-state index contributed by atoms with van der Waals surface area (Å²) in [5.41, 5.74) is 2.77. The Morgan fingerprint density at radius 2 is 1.78 bits per heavy atom. The second-order valence-electron chi connectivity index (χ2n) is 3.74. The predicted molar refractivity (Wildman–Crippen MR) is 72.7 cm³/mol. The van der Waals surface area contributed by atoms with Crippen LogP contribution >= 0.6 is 12.2 Å². The fourth-order valence-corrected chi connectivity index (χ4v) is 1.73. The van der Waals surface area contributed by atoms with Gasteiger partial charge in [0.15, 0.2) is 0 Å². The van der Waals surface area contributed by atoms with Gasteiger partial charge in [0.25, 0.3) is 0 Å². The number of thiocarbonyl (C=S) groups is 1. The molecule has 2 aromatic rings. The van der Waals surface area contributed by atoms with Crippen LogP contribution in [0.15, 0.2) is 35.6 Å². The van der Waals surface area contributed by atoms with Crippen LogP contribution in [-0.2, 0) is 0 Å². The Morgan fingerprint density at radius 3 is 2.33 bits per heavy atom. The van der Waals surface area contributed by atoms with E-state index in [9.17, 15) is 0 Å². The summed E-state index contributed by atoms with van der Waals surface area (Å²) in [6, 6.07) is 5.80. The summed E-state index contributed by atoms with van der Waals surface area (Å²) in [5, 5.41) is 2.38. The number of nitrogens with zero attached hydrogens (tertiary/aromatic N) is 3. The molecule has 0 fully saturated rings. The molecule has 1 aromatic carbocycles. The van der Waals surface area contributed by atoms with Gasteiger partial charge in [-0.25, -0.2) is 9.97 Å². The van der Waals surface area contributed by atoms with Gasteiger partial charge in [-0.2, -0.15) is 4.99 Å². The molecule has 0 aliphatic heterocycles. The molecule has 18 heavy (non-hydrogen) atoms. The van der Waals surface area contributed by atoms with Gasteiger partial charge in [0.05, 0.1) is 10.8 Å². The predicted octanol–water partition coefficient (Wildman–Crippen LogP) is 3.62. The number of aromatic nitrogens is 2. The van der Waals surface area contributed by atoms with E-state index in [0.29, 0.717) is 11.8 Å². The van der Waals surface area contributed by atoms with Crippen molar-refractivity contribution >= 4 is 23.1 Å². The van der Waals surface area contributed by atoms with Gasteiger partial charge >= 0.3 is 6.01 Å². The van der Waals surface area contributed by atoms with Crippen LogP contribution in [-0.4, -0.2) is 15.1 Å². The molecule has 0 radical (unpaired) electrons. The van der Waals surface area contributed by atoms with Crippen LogP contribution in [0.2, 0.25) is 0 Å². The Bertz CT molecular complexity index is 584. The van der Waals surface area contributed by atoms with Crippen molar-refractivity contribution in [3.63, 3.8) is 0 Å². The van der Waals surface area contributed by atoms with Gasteiger partial charge in [-0.15, -0.1) is 0 Å². The van der Waals surface area contributed by atoms with E-state index in [4.69, 9.17) is 4.74 Å². The van der Waals surface area contributed by atoms with Crippen molar-refractivity contribution in [2.75, 3.05) is 0 Å². The Labute approximate surface area is 110 Å². The highest BCUT2D eigenvalue weighted by molar-refractivity contribution is 7.78. The highest BCUT2D eigenvalue weighted by atomic mass is 32.1. The lowest BCUT2D eigenvalue weighted by Crippen LogP contribution is -1.92. The molecule has 1 heterocycles. The van der Waals surface area contributed by atoms with Gasteiger partial charge in [-0.1, -0.05) is 0 Å². The second kappa shape index (κ2) is 5.49. The highest BCUT2D eigenvalue weighted by Crippen LogP contribution is 2.29. The Hall–Kier alpha value is -2.10. The molecule has 5 heteroatoms. The minimum absolute atomic E-state index is 0.322. The normalized spacial score (nSPS) is 9.67. The smallest absolute Gasteiger partial charge is 0.321 e. The molecule has 0 N–H and O–H groups in total. The third-order valence-corrected chi connectivity index (χ3v) is 2.46. The number of aliphatic imine (C=N–C) groups is 1. The number of benzene rings is 1. The third-order valence-electron chi connectivity index (χ3n) is 2.37. The van der Waals surface area contributed by atoms with Crippen LogP contribution in [0, 0.1) is 13.8 Å². The number of isothiocyanates is 1. The van der Waals surface area contributed by atoms with Crippen molar-refractivity contribution in [2.45, 2.75) is 13.8 Å². The Kier molecular flexibility index (Phi) is 3.77. The molecular formula is C13H11N3OS. The third kappa shape index (κ3) is 2.77. The largest absolute Gasteiger partial charge is 0.424 e. The van der Waals surface area contributed by atoms with E-state index in [-0.39, 0.29) is 0 Å². The summed E-state index contributed by atoms with van der Waals surface area (Å²) in [6.45, 7) is 3.88. The average Bonchev–Trinajstić information content (AvgIpc) is 2.35. The van der Waals surface area contributed by atoms with E-state index in [1.54, 1.807) is 18.5 Å². The van der Waals surface area contributed by atoms with Crippen molar-refractivity contribution < 1.29 is 4.74 Å². The lowest BCUT2D eigenvalue weighted by Gasteiger charge is -2.08. The zero-order valence-electron chi connectivity index (χ0n) is 10.0. The van der Waals surface area contributed by atoms with E-state index < -0.39 is 0 Å². The zero-order chi connectivity index (χ0) is 13.0. The van der Waals surface area contributed by atoms with E-state index in [1.165, 1.54) is 0 Å². The molecule has 1 aromatic heterocycles. The SMILES string of the molecule is Cc1cc(Oc2ncccn2)cc(C)c1N=C=S. The summed E-state index contributed by atoms with van der Waals surface area (Å²) in [4.78, 5) is 12.0. The minimum Gasteiger partial charge on any atom is -0.424 e. The van der Waals surface area contributed by atoms with Gasteiger partial charge in [0.2, 0.25) is 0 Å². The molecule has 0 aliphatic carbocycles. The second-order valence-corrected chi connectivity index (χ2v) is 3.92. The molecule has 0 saturated carbocycles. The van der Waals surface area contributed by atoms with Crippen LogP contribution in [0.3, 0.4) is 0 Å². The molecular weight excluding hydrogens is 246 g/mol. The quantitative estimate of drug-likeness (QED) is 0.622. The Morgan fingerprint density at radius 1 is 1.17 bits per heavy atom. The van der Waals surface area contributed by atoms with E-state index in [0.717, 1.165) is 16.8 Å². The molecule has 4 nitrogen and oxygen atoms in total. The lowest BCUT2D eigenvalue weighted by atomic mass is 10.1. The maximum atomic E-state index is 5.56. The van der Waals surface area contributed by atoms with Crippen LogP contribution < -0.4 is 4.74 Å². The van der Waals surface area contributed by atoms with E-state index >= 15 is 0 Å². The summed E-state index contributed by atoms with van der Waals surface area (Å²) in [6.07, 6.45) is 3.26. The first-order valence-corrected chi connectivity index (χ1v) is 5.75. The summed E-state index contributed by atoms with van der Waals surface area (Å²) < 4.78 is 5.56. The molecule has 0 atom stereocenters. The first-order valence-electron chi connectivity index (χ1n) is 5.34. The molecule has 0 aliphatic rings. The molecule has 90 valence electrons. The molecule has 0 bridgehead atoms. The van der Waals surface area contributed by atoms with Crippen molar-refractivity contribution in [2.24, 2.45) is 4.99 Å². The fraction of sp³-hybridized carbons (Fsp3) is 0.154. The van der Waals surface area contributed by atoms with Crippen LogP contribution in [0.4, 0.5) is 5.69 Å². The van der Waals surface area contributed by atoms with Crippen LogP contribution in [0.1, 0.15) is 11.1 Å². The summed E-state index contributed by atoms with van der Waals surface area (Å²) in [7, 11) is 0. The van der Waals surface area contributed by atoms with Crippen molar-refractivity contribution in [3.05, 3.63) is 41.7 Å². The number of rotatable bonds is 3. The van der Waals surface area contributed by atoms with Crippen molar-refractivity contribution in [1.82, 2.24) is 9.97 Å². The Balaban J connectivity index is 2.34. The monoisotopic (exact) mass is 257 g/mol. The first kappa shape index (κ1) is 12.4. The molecule has 0 amide bonds. The maximum absolute atomic E-state index is 5.56. The van der Waals surface area contributed by atoms with Gasteiger partial charge in [-0.3, -0.25) is 0 Å². The summed E-state index contributed by atoms with van der Waals surface area (Å²) >= 11 is 4.62. The zero-order valence-corrected chi connectivity index (χ0v) is 10.9. The number of hydrogen-bond acceptors (Lipinski definition) is 5. The molecule has 0 unspecified atom stereocenters. The number of hydrogen-bond donors (Lipinski definition) is 0. The van der Waals surface area contributed by atoms with Gasteiger partial charge < -0.3 is 4.74 Å². The van der Waals surface area contributed by atoms with Gasteiger partial charge in [0, 0.05) is 12.4 Å². The standard InChI is InChI=1S/C13H11N3OS/c1-9-6-11(7-10(2)12(9)16-8-18)17-13-14-4-3-5-15-13/h3-7H,1-2H3. The maximum Gasteiger partial charge on any atom is 0.321 e. The lowest BCUT2D eigenvalue weighted by molar-refractivity contribution is 0.441. The van der Waals surface area contributed by atoms with E-state index in [1.807, 2.05) is 26.0 Å². The van der Waals surface area contributed by atoms with Gasteiger partial charge in [-0.05, 0) is 55.4 Å². The first-order chi connectivity index (χ1) is 8.70. The number of aryl methyl sites for hydroxylation is 2. The van der Waals surface area contributed by atoms with Crippen molar-refractivity contribution in [1.29, 1.82) is 0 Å². The van der Waals surface area contributed by atoms with Crippen molar-refractivity contribution in [3.8, 4) is 11.8 Å². The molecule has 0 saturated heterocycles. The average molecular weight is 257 g/mol. The minimum atomic E-state index is 0.322. The number of ether oxygens (including phenoxy) is 1. The molecule has 2 rings (SSSR count). The van der Waals surface area contributed by atoms with Gasteiger partial charge in [0.1, 0.15) is 5.75 Å². The topological polar surface area (TPSA) is 47.4 Å². The summed E-state index contributed by atoms with van der Waals surface area (Å²) in [5.74, 6) is 0.680. The van der Waals surface area contributed by atoms with Crippen LogP contribution in [0.25, 0.3) is 0 Å². The molecule has 0 spiro atoms. The van der Waals surface area contributed by atoms with E-state index in [2.05, 4.69) is 32.3 Å².